The first-order valence-electron chi connectivity index (χ1n) is 7.20. The Hall–Kier alpha value is -1.73. The van der Waals surface area contributed by atoms with E-state index in [0.29, 0.717) is 34.2 Å². The van der Waals surface area contributed by atoms with E-state index in [1.54, 1.807) is 18.2 Å². The average Bonchev–Trinajstić information content (AvgIpc) is 2.76. The molecule has 0 unspecified atom stereocenters. The second-order valence-corrected chi connectivity index (χ2v) is 6.74. The predicted molar refractivity (Wildman–Crippen MR) is 92.4 cm³/mol. The van der Waals surface area contributed by atoms with Crippen molar-refractivity contribution < 1.29 is 19.1 Å². The zero-order chi connectivity index (χ0) is 16.8. The highest BCUT2D eigenvalue weighted by molar-refractivity contribution is 8.26. The number of hydrogen-bond donors (Lipinski definition) is 1. The van der Waals surface area contributed by atoms with E-state index in [1.165, 1.54) is 17.0 Å². The summed E-state index contributed by atoms with van der Waals surface area (Å²) in [4.78, 5) is 24.7. The summed E-state index contributed by atoms with van der Waals surface area (Å²) in [6, 6.07) is 6.25. The van der Waals surface area contributed by atoms with Gasteiger partial charge in [0.1, 0.15) is 10.1 Å². The van der Waals surface area contributed by atoms with Crippen molar-refractivity contribution in [3.05, 3.63) is 40.6 Å². The van der Waals surface area contributed by atoms with Crippen LogP contribution in [0, 0.1) is 5.82 Å². The van der Waals surface area contributed by atoms with Gasteiger partial charge in [-0.3, -0.25) is 14.5 Å². The molecule has 7 heteroatoms. The Morgan fingerprint density at radius 1 is 1.30 bits per heavy atom. The number of carbonyl (C=O) groups excluding carboxylic acids is 1. The van der Waals surface area contributed by atoms with Crippen molar-refractivity contribution in [2.45, 2.75) is 25.7 Å². The van der Waals surface area contributed by atoms with Gasteiger partial charge in [0.2, 0.25) is 0 Å². The van der Waals surface area contributed by atoms with Crippen molar-refractivity contribution in [2.75, 3.05) is 6.54 Å². The lowest BCUT2D eigenvalue weighted by Gasteiger charge is -2.13. The third kappa shape index (κ3) is 4.87. The van der Waals surface area contributed by atoms with E-state index in [4.69, 9.17) is 17.3 Å². The number of hydrogen-bond acceptors (Lipinski definition) is 4. The quantitative estimate of drug-likeness (QED) is 0.460. The molecule has 1 aromatic carbocycles. The number of carboxylic acids is 1. The minimum Gasteiger partial charge on any atom is -0.481 e. The maximum Gasteiger partial charge on any atom is 0.303 e. The molecule has 1 aromatic rings. The maximum atomic E-state index is 13.7. The fourth-order valence-electron chi connectivity index (χ4n) is 2.15. The number of amides is 1. The molecule has 1 aliphatic rings. The molecule has 1 aliphatic heterocycles. The Labute approximate surface area is 143 Å². The van der Waals surface area contributed by atoms with Gasteiger partial charge in [-0.1, -0.05) is 48.6 Å². The smallest absolute Gasteiger partial charge is 0.303 e. The monoisotopic (exact) mass is 353 g/mol. The number of thioether (sulfide) groups is 1. The molecule has 4 nitrogen and oxygen atoms in total. The molecule has 0 bridgehead atoms. The fraction of sp³-hybridized carbons (Fsp3) is 0.312. The van der Waals surface area contributed by atoms with Gasteiger partial charge in [0.25, 0.3) is 5.91 Å². The Kier molecular flexibility index (Phi) is 6.29. The van der Waals surface area contributed by atoms with E-state index < -0.39 is 5.97 Å². The molecule has 0 aromatic heterocycles. The summed E-state index contributed by atoms with van der Waals surface area (Å²) in [6.45, 7) is 0.457. The minimum atomic E-state index is -0.816. The molecule has 0 saturated carbocycles. The maximum absolute atomic E-state index is 13.7. The van der Waals surface area contributed by atoms with Gasteiger partial charge in [0.15, 0.2) is 0 Å². The topological polar surface area (TPSA) is 57.6 Å². The minimum absolute atomic E-state index is 0.131. The lowest BCUT2D eigenvalue weighted by Crippen LogP contribution is -2.29. The Morgan fingerprint density at radius 3 is 2.74 bits per heavy atom. The summed E-state index contributed by atoms with van der Waals surface area (Å²) in [6.07, 6.45) is 3.63. The van der Waals surface area contributed by atoms with Crippen molar-refractivity contribution in [1.82, 2.24) is 4.90 Å². The zero-order valence-corrected chi connectivity index (χ0v) is 14.0. The zero-order valence-electron chi connectivity index (χ0n) is 12.3. The summed E-state index contributed by atoms with van der Waals surface area (Å²) in [5.74, 6) is -1.42. The van der Waals surface area contributed by atoms with Crippen LogP contribution in [-0.4, -0.2) is 32.7 Å². The fourth-order valence-corrected chi connectivity index (χ4v) is 3.45. The van der Waals surface area contributed by atoms with E-state index in [1.807, 2.05) is 0 Å². The van der Waals surface area contributed by atoms with Crippen molar-refractivity contribution in [1.29, 1.82) is 0 Å². The molecule has 122 valence electrons. The molecule has 1 heterocycles. The summed E-state index contributed by atoms with van der Waals surface area (Å²) >= 11 is 6.36. The van der Waals surface area contributed by atoms with Crippen molar-refractivity contribution in [3.63, 3.8) is 0 Å². The Balaban J connectivity index is 1.95. The second kappa shape index (κ2) is 8.21. The molecular weight excluding hydrogens is 337 g/mol. The van der Waals surface area contributed by atoms with E-state index in [9.17, 15) is 14.0 Å². The number of aliphatic carboxylic acids is 1. The molecule has 23 heavy (non-hydrogen) atoms. The first-order chi connectivity index (χ1) is 11.0. The number of benzene rings is 1. The normalized spacial score (nSPS) is 16.4. The predicted octanol–water partition coefficient (Wildman–Crippen LogP) is 3.67. The summed E-state index contributed by atoms with van der Waals surface area (Å²) in [7, 11) is 0. The van der Waals surface area contributed by atoms with Crippen molar-refractivity contribution in [2.24, 2.45) is 0 Å². The molecule has 0 atom stereocenters. The second-order valence-electron chi connectivity index (χ2n) is 5.06. The largest absolute Gasteiger partial charge is 0.481 e. The highest BCUT2D eigenvalue weighted by Crippen LogP contribution is 2.33. The highest BCUT2D eigenvalue weighted by Gasteiger charge is 2.31. The Bertz CT molecular complexity index is 660. The molecule has 0 aliphatic carbocycles. The lowest BCUT2D eigenvalue weighted by atomic mass is 10.2. The van der Waals surface area contributed by atoms with E-state index in [0.717, 1.165) is 18.2 Å². The van der Waals surface area contributed by atoms with E-state index in [-0.39, 0.29) is 18.1 Å². The van der Waals surface area contributed by atoms with Crippen molar-refractivity contribution >= 4 is 46.3 Å². The molecule has 1 N–H and O–H groups in total. The summed E-state index contributed by atoms with van der Waals surface area (Å²) in [5, 5.41) is 8.58. The number of carbonyl (C=O) groups is 2. The van der Waals surface area contributed by atoms with Crippen LogP contribution in [0.2, 0.25) is 0 Å². The van der Waals surface area contributed by atoms with E-state index in [2.05, 4.69) is 0 Å². The standard InChI is InChI=1S/C16H16FNO3S2/c17-12-7-4-3-6-11(12)10-13-15(21)18(16(22)23-13)9-5-1-2-8-14(19)20/h3-4,6-7,10H,1-2,5,8-9H2,(H,19,20)/b13-10+. The molecule has 1 amide bonds. The van der Waals surface area contributed by atoms with Crippen LogP contribution < -0.4 is 0 Å². The molecule has 1 fully saturated rings. The van der Waals surface area contributed by atoms with Gasteiger partial charge in [0.05, 0.1) is 4.91 Å². The molecular formula is C16H16FNO3S2. The number of rotatable bonds is 7. The van der Waals surface area contributed by atoms with Gasteiger partial charge in [0, 0.05) is 18.5 Å². The highest BCUT2D eigenvalue weighted by atomic mass is 32.2. The van der Waals surface area contributed by atoms with Crippen LogP contribution in [0.3, 0.4) is 0 Å². The molecule has 0 radical (unpaired) electrons. The third-order valence-electron chi connectivity index (χ3n) is 3.34. The number of halogens is 1. The first kappa shape index (κ1) is 17.6. The van der Waals surface area contributed by atoms with Gasteiger partial charge >= 0.3 is 5.97 Å². The van der Waals surface area contributed by atoms with Gasteiger partial charge < -0.3 is 5.11 Å². The van der Waals surface area contributed by atoms with Crippen LogP contribution in [0.5, 0.6) is 0 Å². The molecule has 2 rings (SSSR count). The SMILES string of the molecule is O=C(O)CCCCCN1C(=O)/C(=C\c2ccccc2F)SC1=S. The lowest BCUT2D eigenvalue weighted by molar-refractivity contribution is -0.137. The number of nitrogens with zero attached hydrogens (tertiary/aromatic N) is 1. The summed E-state index contributed by atoms with van der Waals surface area (Å²) in [5.41, 5.74) is 0.356. The summed E-state index contributed by atoms with van der Waals surface area (Å²) < 4.78 is 14.1. The van der Waals surface area contributed by atoms with Crippen LogP contribution in [0.4, 0.5) is 4.39 Å². The number of unbranched alkanes of at least 4 members (excludes halogenated alkanes) is 2. The van der Waals surface area contributed by atoms with Crippen LogP contribution in [0.1, 0.15) is 31.2 Å². The van der Waals surface area contributed by atoms with Crippen LogP contribution in [0.25, 0.3) is 6.08 Å². The average molecular weight is 353 g/mol. The van der Waals surface area contributed by atoms with Crippen molar-refractivity contribution in [3.8, 4) is 0 Å². The van der Waals surface area contributed by atoms with Gasteiger partial charge in [-0.15, -0.1) is 0 Å². The van der Waals surface area contributed by atoms with Gasteiger partial charge in [-0.25, -0.2) is 4.39 Å². The molecule has 0 spiro atoms. The van der Waals surface area contributed by atoms with Crippen LogP contribution >= 0.6 is 24.0 Å². The number of thiocarbonyl (C=S) groups is 1. The van der Waals surface area contributed by atoms with Crippen LogP contribution in [0.15, 0.2) is 29.2 Å². The first-order valence-corrected chi connectivity index (χ1v) is 8.43. The van der Waals surface area contributed by atoms with Crippen LogP contribution in [-0.2, 0) is 9.59 Å². The van der Waals surface area contributed by atoms with E-state index >= 15 is 0 Å². The number of carboxylic acid groups (broad SMARTS) is 1. The van der Waals surface area contributed by atoms with Gasteiger partial charge in [-0.05, 0) is 25.0 Å². The Morgan fingerprint density at radius 2 is 2.04 bits per heavy atom. The molecule has 1 saturated heterocycles. The van der Waals surface area contributed by atoms with Gasteiger partial charge in [-0.2, -0.15) is 0 Å². The third-order valence-corrected chi connectivity index (χ3v) is 4.72.